The Morgan fingerprint density at radius 2 is 1.82 bits per heavy atom. The Labute approximate surface area is 201 Å². The minimum Gasteiger partial charge on any atom is -0.370 e. The molecule has 2 aromatic carbocycles. The molecule has 1 aliphatic rings. The topological polar surface area (TPSA) is 45.2 Å². The number of nitrogens with one attached hydrogen (secondary N) is 1. The van der Waals surface area contributed by atoms with Crippen molar-refractivity contribution < 1.29 is 18.0 Å². The molecule has 1 aromatic heterocycles. The fourth-order valence-electron chi connectivity index (χ4n) is 4.10. The van der Waals surface area contributed by atoms with Crippen molar-refractivity contribution in [1.29, 1.82) is 0 Å². The molecule has 4 nitrogen and oxygen atoms in total. The summed E-state index contributed by atoms with van der Waals surface area (Å²) in [6, 6.07) is 17.1. The average Bonchev–Trinajstić information content (AvgIpc) is 3.31. The van der Waals surface area contributed by atoms with Crippen LogP contribution in [0.1, 0.15) is 36.0 Å². The van der Waals surface area contributed by atoms with Crippen LogP contribution in [0.25, 0.3) is 0 Å². The molecule has 0 radical (unpaired) electrons. The van der Waals surface area contributed by atoms with Crippen LogP contribution < -0.4 is 10.2 Å². The summed E-state index contributed by atoms with van der Waals surface area (Å²) in [5.74, 6) is 1.54. The molecule has 1 atom stereocenters. The van der Waals surface area contributed by atoms with E-state index in [1.807, 2.05) is 30.3 Å². The molecule has 0 bridgehead atoms. The lowest BCUT2D eigenvalue weighted by Crippen LogP contribution is -2.20. The number of carbonyl (C=O) groups excluding carboxylic acids is 1. The summed E-state index contributed by atoms with van der Waals surface area (Å²) in [5, 5.41) is 2.83. The highest BCUT2D eigenvalue weighted by Gasteiger charge is 2.31. The first-order chi connectivity index (χ1) is 16.3. The molecule has 34 heavy (non-hydrogen) atoms. The Hall–Kier alpha value is -3.00. The standard InChI is InChI=1S/C26H26F3N3OS/c1-2-34-23-10-3-18(4-11-23)15-25(33)31-24-12-9-22(16-30-24)32-14-13-20(17-32)19-5-7-21(8-6-19)26(27,28)29/h3-12,16,20H,2,13-15,17H2,1H3,(H,30,31,33). The number of aromatic nitrogens is 1. The number of hydrogen-bond donors (Lipinski definition) is 1. The zero-order chi connectivity index (χ0) is 24.1. The van der Waals surface area contributed by atoms with Crippen LogP contribution >= 0.6 is 11.8 Å². The number of rotatable bonds is 7. The monoisotopic (exact) mass is 485 g/mol. The lowest BCUT2D eigenvalue weighted by molar-refractivity contribution is -0.137. The maximum Gasteiger partial charge on any atom is 0.416 e. The first-order valence-electron chi connectivity index (χ1n) is 11.2. The van der Waals surface area contributed by atoms with Crippen molar-refractivity contribution in [3.8, 4) is 0 Å². The third kappa shape index (κ3) is 6.11. The Bertz CT molecular complexity index is 1100. The lowest BCUT2D eigenvalue weighted by Gasteiger charge is -2.19. The highest BCUT2D eigenvalue weighted by molar-refractivity contribution is 7.99. The van der Waals surface area contributed by atoms with Gasteiger partial charge in [-0.05, 0) is 59.7 Å². The van der Waals surface area contributed by atoms with E-state index >= 15 is 0 Å². The van der Waals surface area contributed by atoms with Crippen LogP contribution in [0.15, 0.2) is 71.8 Å². The summed E-state index contributed by atoms with van der Waals surface area (Å²) < 4.78 is 38.4. The van der Waals surface area contributed by atoms with Crippen molar-refractivity contribution in [3.63, 3.8) is 0 Å². The summed E-state index contributed by atoms with van der Waals surface area (Å²) in [5.41, 5.74) is 2.16. The number of anilines is 2. The van der Waals surface area contributed by atoms with E-state index in [0.717, 1.165) is 47.7 Å². The number of alkyl halides is 3. The minimum atomic E-state index is -4.32. The van der Waals surface area contributed by atoms with Crippen molar-refractivity contribution in [2.45, 2.75) is 36.8 Å². The fraction of sp³-hybridized carbons (Fsp3) is 0.308. The summed E-state index contributed by atoms with van der Waals surface area (Å²) >= 11 is 1.76. The number of carbonyl (C=O) groups is 1. The van der Waals surface area contributed by atoms with Gasteiger partial charge in [-0.15, -0.1) is 11.8 Å². The average molecular weight is 486 g/mol. The van der Waals surface area contributed by atoms with Gasteiger partial charge in [0.2, 0.25) is 5.91 Å². The number of halogens is 3. The molecule has 1 aliphatic heterocycles. The van der Waals surface area contributed by atoms with Crippen LogP contribution in [0.4, 0.5) is 24.7 Å². The van der Waals surface area contributed by atoms with Crippen LogP contribution in [-0.4, -0.2) is 29.7 Å². The number of pyridine rings is 1. The summed E-state index contributed by atoms with van der Waals surface area (Å²) in [6.45, 7) is 3.61. The zero-order valence-corrected chi connectivity index (χ0v) is 19.6. The molecule has 0 aliphatic carbocycles. The van der Waals surface area contributed by atoms with Gasteiger partial charge in [0.25, 0.3) is 0 Å². The molecule has 178 valence electrons. The van der Waals surface area contributed by atoms with Crippen LogP contribution in [0.2, 0.25) is 0 Å². The van der Waals surface area contributed by atoms with E-state index in [9.17, 15) is 18.0 Å². The molecule has 0 spiro atoms. The predicted molar refractivity (Wildman–Crippen MR) is 130 cm³/mol. The molecule has 1 fully saturated rings. The second-order valence-electron chi connectivity index (χ2n) is 8.25. The van der Waals surface area contributed by atoms with Crippen LogP contribution in [0.3, 0.4) is 0 Å². The Kier molecular flexibility index (Phi) is 7.46. The predicted octanol–water partition coefficient (Wildman–Crippen LogP) is 6.39. The maximum atomic E-state index is 12.8. The van der Waals surface area contributed by atoms with Crippen molar-refractivity contribution in [1.82, 2.24) is 4.98 Å². The van der Waals surface area contributed by atoms with Gasteiger partial charge in [-0.1, -0.05) is 31.2 Å². The first kappa shape index (κ1) is 24.1. The van der Waals surface area contributed by atoms with Gasteiger partial charge in [0, 0.05) is 23.9 Å². The molecular formula is C26H26F3N3OS. The summed E-state index contributed by atoms with van der Waals surface area (Å²) in [6.07, 6.45) is -1.45. The second kappa shape index (κ2) is 10.5. The van der Waals surface area contributed by atoms with Crippen molar-refractivity contribution >= 4 is 29.2 Å². The van der Waals surface area contributed by atoms with Gasteiger partial charge in [0.1, 0.15) is 5.82 Å². The van der Waals surface area contributed by atoms with Crippen molar-refractivity contribution in [2.75, 3.05) is 29.1 Å². The van der Waals surface area contributed by atoms with Crippen molar-refractivity contribution in [3.05, 3.63) is 83.6 Å². The van der Waals surface area contributed by atoms with Crippen LogP contribution in [0, 0.1) is 0 Å². The number of nitrogens with zero attached hydrogens (tertiary/aromatic N) is 2. The normalized spacial score (nSPS) is 16.0. The second-order valence-corrected chi connectivity index (χ2v) is 9.59. The Balaban J connectivity index is 1.30. The Morgan fingerprint density at radius 1 is 1.09 bits per heavy atom. The highest BCUT2D eigenvalue weighted by Crippen LogP contribution is 2.34. The van der Waals surface area contributed by atoms with Gasteiger partial charge in [-0.2, -0.15) is 13.2 Å². The molecule has 2 heterocycles. The zero-order valence-electron chi connectivity index (χ0n) is 18.8. The molecule has 1 saturated heterocycles. The molecule has 4 rings (SSSR count). The SMILES string of the molecule is CCSc1ccc(CC(=O)Nc2ccc(N3CCC(c4ccc(C(F)(F)F)cc4)C3)cn2)cc1. The molecular weight excluding hydrogens is 459 g/mol. The summed E-state index contributed by atoms with van der Waals surface area (Å²) in [4.78, 5) is 20.1. The van der Waals surface area contributed by atoms with Gasteiger partial charge in [0.15, 0.2) is 0 Å². The summed E-state index contributed by atoms with van der Waals surface area (Å²) in [7, 11) is 0. The fourth-order valence-corrected chi connectivity index (χ4v) is 4.76. The van der Waals surface area contributed by atoms with Gasteiger partial charge in [-0.3, -0.25) is 4.79 Å². The molecule has 1 amide bonds. The van der Waals surface area contributed by atoms with Gasteiger partial charge in [0.05, 0.1) is 23.9 Å². The van der Waals surface area contributed by atoms with Crippen LogP contribution in [-0.2, 0) is 17.4 Å². The van der Waals surface area contributed by atoms with Crippen molar-refractivity contribution in [2.24, 2.45) is 0 Å². The van der Waals surface area contributed by atoms with E-state index in [1.54, 1.807) is 36.2 Å². The largest absolute Gasteiger partial charge is 0.416 e. The van der Waals surface area contributed by atoms with E-state index in [4.69, 9.17) is 0 Å². The van der Waals surface area contributed by atoms with Gasteiger partial charge >= 0.3 is 6.18 Å². The molecule has 8 heteroatoms. The molecule has 1 N–H and O–H groups in total. The molecule has 3 aromatic rings. The minimum absolute atomic E-state index is 0.125. The van der Waals surface area contributed by atoms with Gasteiger partial charge < -0.3 is 10.2 Å². The van der Waals surface area contributed by atoms with E-state index in [2.05, 4.69) is 22.1 Å². The highest BCUT2D eigenvalue weighted by atomic mass is 32.2. The van der Waals surface area contributed by atoms with E-state index in [-0.39, 0.29) is 18.2 Å². The van der Waals surface area contributed by atoms with Gasteiger partial charge in [-0.25, -0.2) is 4.98 Å². The molecule has 0 saturated carbocycles. The lowest BCUT2D eigenvalue weighted by atomic mass is 9.97. The number of benzene rings is 2. The van der Waals surface area contributed by atoms with E-state index in [1.165, 1.54) is 4.90 Å². The quantitative estimate of drug-likeness (QED) is 0.394. The third-order valence-corrected chi connectivity index (χ3v) is 6.77. The third-order valence-electron chi connectivity index (χ3n) is 5.88. The first-order valence-corrected chi connectivity index (χ1v) is 12.2. The smallest absolute Gasteiger partial charge is 0.370 e. The molecule has 1 unspecified atom stereocenters. The number of amides is 1. The maximum absolute atomic E-state index is 12.8. The van der Waals surface area contributed by atoms with Crippen LogP contribution in [0.5, 0.6) is 0 Å². The number of hydrogen-bond acceptors (Lipinski definition) is 4. The number of thioether (sulfide) groups is 1. The Morgan fingerprint density at radius 3 is 2.44 bits per heavy atom. The van der Waals surface area contributed by atoms with E-state index < -0.39 is 11.7 Å². The van der Waals surface area contributed by atoms with E-state index in [0.29, 0.717) is 12.4 Å².